The van der Waals surface area contributed by atoms with Crippen LogP contribution in [0.5, 0.6) is 0 Å². The molecule has 0 radical (unpaired) electrons. The molecule has 1 saturated heterocycles. The minimum absolute atomic E-state index is 0.0387. The minimum Gasteiger partial charge on any atom is -0.389 e. The molecule has 1 aliphatic carbocycles. The highest BCUT2D eigenvalue weighted by Crippen LogP contribution is 2.34. The number of hydrogen-bond acceptors (Lipinski definition) is 5. The van der Waals surface area contributed by atoms with Crippen LogP contribution in [0.15, 0.2) is 60.7 Å². The minimum atomic E-state index is -0.746. The second-order valence-electron chi connectivity index (χ2n) is 8.93. The lowest BCUT2D eigenvalue weighted by molar-refractivity contribution is -0.0782. The lowest BCUT2D eigenvalue weighted by atomic mass is 9.80. The number of aliphatic hydroxyl groups is 1. The molecular formula is C26H29N4O2P. The van der Waals surface area contributed by atoms with Gasteiger partial charge in [-0.05, 0) is 33.8 Å². The van der Waals surface area contributed by atoms with E-state index in [2.05, 4.69) is 56.3 Å². The summed E-state index contributed by atoms with van der Waals surface area (Å²) in [5.74, 6) is 0.692. The molecule has 0 saturated carbocycles. The molecule has 7 heteroatoms. The number of aromatic nitrogens is 4. The molecule has 1 aromatic carbocycles. The SMILES string of the molecule is Cc1ccc(Cn2nc(-c3nc(C4=CC=CC(C5(O)CCOCC5)C=C4)n[pH]3)cc2C)cc1. The third-order valence-electron chi connectivity index (χ3n) is 6.48. The summed E-state index contributed by atoms with van der Waals surface area (Å²) in [6.07, 6.45) is 11.5. The van der Waals surface area contributed by atoms with Crippen molar-refractivity contribution in [3.8, 4) is 11.1 Å². The van der Waals surface area contributed by atoms with Gasteiger partial charge >= 0.3 is 0 Å². The van der Waals surface area contributed by atoms with E-state index >= 15 is 0 Å². The van der Waals surface area contributed by atoms with Crippen LogP contribution in [0.25, 0.3) is 16.7 Å². The van der Waals surface area contributed by atoms with Crippen molar-refractivity contribution in [3.63, 3.8) is 0 Å². The second kappa shape index (κ2) is 9.22. The van der Waals surface area contributed by atoms with Crippen LogP contribution in [0.4, 0.5) is 0 Å². The Balaban J connectivity index is 1.32. The van der Waals surface area contributed by atoms with Crippen molar-refractivity contribution in [1.29, 1.82) is 0 Å². The molecule has 170 valence electrons. The van der Waals surface area contributed by atoms with Crippen LogP contribution in [-0.2, 0) is 11.3 Å². The Hall–Kier alpha value is -2.79. The van der Waals surface area contributed by atoms with E-state index in [1.165, 1.54) is 11.1 Å². The van der Waals surface area contributed by atoms with Gasteiger partial charge in [0.15, 0.2) is 5.82 Å². The fraction of sp³-hybridized carbons (Fsp3) is 0.346. The van der Waals surface area contributed by atoms with Crippen molar-refractivity contribution in [2.45, 2.75) is 38.8 Å². The molecule has 5 rings (SSSR count). The molecule has 3 heterocycles. The predicted octanol–water partition coefficient (Wildman–Crippen LogP) is 4.70. The molecule has 33 heavy (non-hydrogen) atoms. The number of ether oxygens (including phenoxy) is 1. The first-order chi connectivity index (χ1) is 16.0. The van der Waals surface area contributed by atoms with Gasteiger partial charge in [0, 0.05) is 43.2 Å². The third-order valence-corrected chi connectivity index (χ3v) is 7.38. The Bertz CT molecular complexity index is 1210. The van der Waals surface area contributed by atoms with Crippen LogP contribution in [0.3, 0.4) is 0 Å². The first-order valence-electron chi connectivity index (χ1n) is 11.4. The third kappa shape index (κ3) is 4.79. The van der Waals surface area contributed by atoms with E-state index in [-0.39, 0.29) is 14.3 Å². The molecule has 6 nitrogen and oxygen atoms in total. The molecular weight excluding hydrogens is 431 g/mol. The fourth-order valence-corrected chi connectivity index (χ4v) is 5.11. The molecule has 1 fully saturated rings. The highest BCUT2D eigenvalue weighted by atomic mass is 31.0. The summed E-state index contributed by atoms with van der Waals surface area (Å²) in [4.78, 5) is 4.82. The lowest BCUT2D eigenvalue weighted by Gasteiger charge is -2.36. The Labute approximate surface area is 195 Å². The molecule has 2 unspecified atom stereocenters. The van der Waals surface area contributed by atoms with Crippen LogP contribution >= 0.6 is 8.35 Å². The van der Waals surface area contributed by atoms with Crippen molar-refractivity contribution in [3.05, 3.63) is 83.4 Å². The van der Waals surface area contributed by atoms with Gasteiger partial charge in [0.05, 0.1) is 12.1 Å². The smallest absolute Gasteiger partial charge is 0.163 e. The van der Waals surface area contributed by atoms with Crippen LogP contribution < -0.4 is 0 Å². The van der Waals surface area contributed by atoms with Crippen molar-refractivity contribution in [1.82, 2.24) is 19.5 Å². The van der Waals surface area contributed by atoms with Crippen LogP contribution in [0, 0.1) is 19.8 Å². The van der Waals surface area contributed by atoms with E-state index in [0.29, 0.717) is 26.1 Å². The summed E-state index contributed by atoms with van der Waals surface area (Å²) in [5, 5.41) is 15.9. The summed E-state index contributed by atoms with van der Waals surface area (Å²) in [5.41, 5.74) is 5.61. The van der Waals surface area contributed by atoms with Gasteiger partial charge in [-0.25, -0.2) is 9.73 Å². The topological polar surface area (TPSA) is 73.1 Å². The Kier molecular flexibility index (Phi) is 6.15. The molecule has 3 aromatic rings. The number of aryl methyl sites for hydroxylation is 2. The summed E-state index contributed by atoms with van der Waals surface area (Å²) in [6.45, 7) is 6.12. The van der Waals surface area contributed by atoms with Crippen molar-refractivity contribution >= 4 is 13.9 Å². The maximum Gasteiger partial charge on any atom is 0.163 e. The first kappa shape index (κ1) is 22.0. The Morgan fingerprint density at radius 2 is 1.94 bits per heavy atom. The quantitative estimate of drug-likeness (QED) is 0.597. The van der Waals surface area contributed by atoms with Crippen LogP contribution in [0.1, 0.15) is 35.5 Å². The molecule has 0 bridgehead atoms. The monoisotopic (exact) mass is 460 g/mol. The zero-order chi connectivity index (χ0) is 22.8. The predicted molar refractivity (Wildman–Crippen MR) is 133 cm³/mol. The number of rotatable bonds is 5. The van der Waals surface area contributed by atoms with Crippen molar-refractivity contribution in [2.75, 3.05) is 13.2 Å². The highest BCUT2D eigenvalue weighted by molar-refractivity contribution is 7.29. The number of hydrogen-bond donors (Lipinski definition) is 1. The zero-order valence-electron chi connectivity index (χ0n) is 19.0. The fourth-order valence-electron chi connectivity index (χ4n) is 4.33. The van der Waals surface area contributed by atoms with Crippen molar-refractivity contribution in [2.24, 2.45) is 5.92 Å². The summed E-state index contributed by atoms with van der Waals surface area (Å²) < 4.78 is 12.2. The van der Waals surface area contributed by atoms with E-state index < -0.39 is 5.60 Å². The standard InChI is InChI=1S/C26H29N4O2P/c1-18-6-8-20(9-7-18)17-30-19(2)16-23(28-30)25-27-24(29-33-25)21-4-3-5-22(11-10-21)26(31)12-14-32-15-13-26/h3-11,16,22,31,33H,12-15,17H2,1-2H3. The van der Waals surface area contributed by atoms with Gasteiger partial charge in [-0.3, -0.25) is 4.68 Å². The van der Waals surface area contributed by atoms with E-state index in [4.69, 9.17) is 19.6 Å². The first-order valence-corrected chi connectivity index (χ1v) is 12.3. The average molecular weight is 461 g/mol. The van der Waals surface area contributed by atoms with E-state index in [0.717, 1.165) is 34.8 Å². The number of benzene rings is 1. The molecule has 1 aliphatic heterocycles. The summed E-state index contributed by atoms with van der Waals surface area (Å²) in [6, 6.07) is 10.6. The van der Waals surface area contributed by atoms with E-state index in [9.17, 15) is 5.11 Å². The Morgan fingerprint density at radius 1 is 1.15 bits per heavy atom. The van der Waals surface area contributed by atoms with Crippen LogP contribution in [0.2, 0.25) is 0 Å². The van der Waals surface area contributed by atoms with Gasteiger partial charge in [-0.2, -0.15) is 5.10 Å². The largest absolute Gasteiger partial charge is 0.389 e. The molecule has 0 spiro atoms. The number of allylic oxidation sites excluding steroid dienone is 4. The summed E-state index contributed by atoms with van der Waals surface area (Å²) in [7, 11) is 0.245. The van der Waals surface area contributed by atoms with Gasteiger partial charge in [-0.15, -0.1) is 0 Å². The molecule has 2 aromatic heterocycles. The normalized spacial score (nSPS) is 20.2. The average Bonchev–Trinajstić information content (AvgIpc) is 3.35. The molecule has 2 atom stereocenters. The van der Waals surface area contributed by atoms with E-state index in [1.54, 1.807) is 0 Å². The van der Waals surface area contributed by atoms with Gasteiger partial charge in [-0.1, -0.05) is 60.2 Å². The summed E-state index contributed by atoms with van der Waals surface area (Å²) >= 11 is 0. The van der Waals surface area contributed by atoms with Crippen molar-refractivity contribution < 1.29 is 9.84 Å². The van der Waals surface area contributed by atoms with Gasteiger partial charge in [0.2, 0.25) is 0 Å². The van der Waals surface area contributed by atoms with Crippen LogP contribution in [-0.4, -0.2) is 43.4 Å². The van der Waals surface area contributed by atoms with Gasteiger partial charge in [0.25, 0.3) is 0 Å². The molecule has 0 amide bonds. The van der Waals surface area contributed by atoms with Gasteiger partial charge < -0.3 is 9.84 Å². The Morgan fingerprint density at radius 3 is 2.73 bits per heavy atom. The number of nitrogens with zero attached hydrogens (tertiary/aromatic N) is 4. The highest BCUT2D eigenvalue weighted by Gasteiger charge is 2.35. The molecule has 2 aliphatic rings. The maximum atomic E-state index is 11.0. The lowest BCUT2D eigenvalue weighted by Crippen LogP contribution is -2.41. The zero-order valence-corrected chi connectivity index (χ0v) is 20.0. The second-order valence-corrected chi connectivity index (χ2v) is 9.85. The van der Waals surface area contributed by atoms with Gasteiger partial charge in [0.1, 0.15) is 11.1 Å². The van der Waals surface area contributed by atoms with E-state index in [1.807, 2.05) is 22.9 Å². The maximum absolute atomic E-state index is 11.0. The molecule has 1 N–H and O–H groups in total.